The fraction of sp³-hybridized carbons (Fsp3) is 0.500. The maximum atomic E-state index is 13.6. The highest BCUT2D eigenvalue weighted by Crippen LogP contribution is 2.28. The summed E-state index contributed by atoms with van der Waals surface area (Å²) in [5.41, 5.74) is 7.99. The molecule has 16 heteroatoms. The van der Waals surface area contributed by atoms with Crippen molar-refractivity contribution in [3.05, 3.63) is 64.7 Å². The summed E-state index contributed by atoms with van der Waals surface area (Å²) in [6.45, 7) is 8.11. The molecular weight excluding hydrogens is 683 g/mol. The molecule has 0 radical (unpaired) electrons. The summed E-state index contributed by atoms with van der Waals surface area (Å²) in [6, 6.07) is 14.7. The minimum atomic E-state index is -1.75. The number of amides is 2. The Kier molecular flexibility index (Phi) is 24.3. The zero-order valence-electron chi connectivity index (χ0n) is 26.4. The number of esters is 1. The first kappa shape index (κ1) is 48.2. The normalized spacial score (nSPS) is 13.8. The number of thiol groups is 1. The number of carbonyl (C=O) groups is 3. The lowest BCUT2D eigenvalue weighted by molar-refractivity contribution is -0.147. The maximum absolute atomic E-state index is 13.6. The number of hydrogen-bond donors (Lipinski definition) is 2. The van der Waals surface area contributed by atoms with E-state index in [0.717, 1.165) is 31.1 Å². The molecule has 0 spiro atoms. The number of halogens is 3. The van der Waals surface area contributed by atoms with Crippen molar-refractivity contribution < 1.29 is 40.3 Å². The summed E-state index contributed by atoms with van der Waals surface area (Å²) >= 11 is 10.4. The summed E-state index contributed by atoms with van der Waals surface area (Å²) in [5, 5.41) is 0.732. The number of rotatable bonds is 13. The molecule has 2 amide bonds. The molecule has 12 nitrogen and oxygen atoms in total. The third kappa shape index (κ3) is 13.1. The molecule has 2 aromatic rings. The van der Waals surface area contributed by atoms with E-state index in [-0.39, 0.29) is 79.4 Å². The number of hydrogen-bond acceptors (Lipinski definition) is 8. The van der Waals surface area contributed by atoms with Crippen LogP contribution in [0.5, 0.6) is 0 Å². The lowest BCUT2D eigenvalue weighted by Gasteiger charge is -2.35. The zero-order chi connectivity index (χ0) is 30.0. The van der Waals surface area contributed by atoms with Gasteiger partial charge in [-0.3, -0.25) is 19.3 Å². The van der Waals surface area contributed by atoms with E-state index < -0.39 is 16.6 Å². The number of piperazine rings is 1. The number of benzene rings is 2. The summed E-state index contributed by atoms with van der Waals surface area (Å²) in [4.78, 5) is 45.1. The number of ether oxygens (including phenoxy) is 2. The average Bonchev–Trinajstić information content (AvgIpc) is 2.98. The van der Waals surface area contributed by atoms with Gasteiger partial charge in [0.2, 0.25) is 0 Å². The highest BCUT2D eigenvalue weighted by molar-refractivity contribution is 7.83. The first-order chi connectivity index (χ1) is 19.6. The third-order valence-electron chi connectivity index (χ3n) is 7.11. The van der Waals surface area contributed by atoms with Crippen LogP contribution in [0.2, 0.25) is 5.02 Å². The lowest BCUT2D eigenvalue weighted by atomic mass is 10.0. The van der Waals surface area contributed by atoms with Crippen LogP contribution in [0.1, 0.15) is 36.2 Å². The molecule has 264 valence electrons. The van der Waals surface area contributed by atoms with Gasteiger partial charge in [-0.15, -0.1) is 24.8 Å². The molecule has 0 aromatic heterocycles. The Morgan fingerprint density at radius 1 is 0.978 bits per heavy atom. The zero-order valence-corrected chi connectivity index (χ0v) is 29.7. The molecule has 1 atom stereocenters. The molecule has 1 aliphatic rings. The molecule has 1 aliphatic heterocycles. The van der Waals surface area contributed by atoms with Crippen molar-refractivity contribution >= 4 is 72.5 Å². The van der Waals surface area contributed by atoms with Crippen molar-refractivity contribution in [2.24, 2.45) is 5.73 Å². The van der Waals surface area contributed by atoms with Gasteiger partial charge in [0.15, 0.2) is 4.75 Å². The van der Waals surface area contributed by atoms with E-state index >= 15 is 0 Å². The van der Waals surface area contributed by atoms with Gasteiger partial charge in [0.25, 0.3) is 11.8 Å². The molecule has 1 unspecified atom stereocenters. The second-order valence-corrected chi connectivity index (χ2v) is 11.5. The second kappa shape index (κ2) is 23.2. The van der Waals surface area contributed by atoms with Gasteiger partial charge in [0.1, 0.15) is 0 Å². The summed E-state index contributed by atoms with van der Waals surface area (Å²) in [7, 11) is 1.21. The molecule has 1 heterocycles. The van der Waals surface area contributed by atoms with Crippen LogP contribution < -0.4 is 10.6 Å². The fourth-order valence-corrected chi connectivity index (χ4v) is 5.17. The van der Waals surface area contributed by atoms with Gasteiger partial charge in [0, 0.05) is 55.5 Å². The van der Waals surface area contributed by atoms with E-state index in [1.807, 2.05) is 43.0 Å². The minimum Gasteiger partial charge on any atom is -0.468 e. The molecule has 8 N–H and O–H groups in total. The molecule has 1 saturated heterocycles. The van der Waals surface area contributed by atoms with E-state index in [1.165, 1.54) is 17.6 Å². The van der Waals surface area contributed by atoms with Crippen molar-refractivity contribution in [1.29, 1.82) is 0 Å². The monoisotopic (exact) mass is 730 g/mol. The number of carbonyl (C=O) groups excluding carboxylic acids is 3. The fourth-order valence-electron chi connectivity index (χ4n) is 4.70. The van der Waals surface area contributed by atoms with E-state index in [1.54, 1.807) is 24.3 Å². The van der Waals surface area contributed by atoms with Crippen molar-refractivity contribution in [3.63, 3.8) is 0 Å². The van der Waals surface area contributed by atoms with E-state index in [2.05, 4.69) is 17.5 Å². The minimum absolute atomic E-state index is 0. The Labute approximate surface area is 294 Å². The third-order valence-corrected chi connectivity index (χ3v) is 7.96. The number of methoxy groups -OCH3 is 1. The van der Waals surface area contributed by atoms with Gasteiger partial charge < -0.3 is 41.4 Å². The average molecular weight is 732 g/mol. The second-order valence-electron chi connectivity index (χ2n) is 10.3. The molecule has 3 rings (SSSR count). The predicted octanol–water partition coefficient (Wildman–Crippen LogP) is 1.66. The quantitative estimate of drug-likeness (QED) is 0.177. The molecule has 46 heavy (non-hydrogen) atoms. The Morgan fingerprint density at radius 3 is 2.04 bits per heavy atom. The van der Waals surface area contributed by atoms with Crippen molar-refractivity contribution in [2.45, 2.75) is 37.5 Å². The van der Waals surface area contributed by atoms with Crippen LogP contribution in [0, 0.1) is 0 Å². The molecule has 0 bridgehead atoms. The predicted molar refractivity (Wildman–Crippen MR) is 190 cm³/mol. The highest BCUT2D eigenvalue weighted by atomic mass is 35.5. The van der Waals surface area contributed by atoms with Crippen molar-refractivity contribution in [2.75, 3.05) is 64.4 Å². The van der Waals surface area contributed by atoms with Crippen LogP contribution in [0.4, 0.5) is 5.69 Å². The van der Waals surface area contributed by atoms with Gasteiger partial charge in [-0.1, -0.05) is 23.7 Å². The number of nitrogens with zero attached hydrogens (tertiary/aromatic N) is 3. The van der Waals surface area contributed by atoms with E-state index in [4.69, 9.17) is 26.8 Å². The lowest BCUT2D eigenvalue weighted by Crippen LogP contribution is -2.53. The standard InChI is InChI=1S/C30H41ClN4O5S.2ClH.3H2O/c1-22(2)40-21-20-35(28(37)30(41,13-14-32)29(38)39-3)26-10-6-24(7-11-26)27(36)34-18-16-33(17-19-34)15-12-23-4-8-25(31)9-5-23;;;;;/h4-11,22,41H,12-21,32H2,1-3H3;2*1H;3*1H2. The van der Waals surface area contributed by atoms with Gasteiger partial charge in [-0.25, -0.2) is 0 Å². The maximum Gasteiger partial charge on any atom is 0.331 e. The molecule has 0 saturated carbocycles. The topological polar surface area (TPSA) is 200 Å². The highest BCUT2D eigenvalue weighted by Gasteiger charge is 2.46. The molecule has 2 aromatic carbocycles. The smallest absolute Gasteiger partial charge is 0.331 e. The SMILES string of the molecule is COC(=O)C(S)(CCN)C(=O)N(CCOC(C)C)c1ccc(C(=O)N2CCN(CCc3ccc(Cl)cc3)CC2)cc1.Cl.Cl.O.O.O. The first-order valence-corrected chi connectivity index (χ1v) is 14.7. The van der Waals surface area contributed by atoms with Crippen LogP contribution in [0.15, 0.2) is 48.5 Å². The Hall–Kier alpha value is -2.17. The van der Waals surface area contributed by atoms with Gasteiger partial charge in [-0.05, 0) is 75.2 Å². The van der Waals surface area contributed by atoms with Gasteiger partial charge in [-0.2, -0.15) is 12.6 Å². The van der Waals surface area contributed by atoms with Crippen LogP contribution in [-0.2, 0) is 25.5 Å². The van der Waals surface area contributed by atoms with E-state index in [0.29, 0.717) is 24.3 Å². The summed E-state index contributed by atoms with van der Waals surface area (Å²) < 4.78 is 8.80. The number of nitrogens with two attached hydrogens (primary N) is 1. The Bertz CT molecular complexity index is 1170. The molecule has 0 aliphatic carbocycles. The van der Waals surface area contributed by atoms with Crippen LogP contribution >= 0.6 is 49.0 Å². The van der Waals surface area contributed by atoms with Gasteiger partial charge >= 0.3 is 5.97 Å². The largest absolute Gasteiger partial charge is 0.468 e. The summed E-state index contributed by atoms with van der Waals surface area (Å²) in [5.74, 6) is -1.39. The first-order valence-electron chi connectivity index (χ1n) is 13.9. The Balaban J connectivity index is -0.00000370. The van der Waals surface area contributed by atoms with E-state index in [9.17, 15) is 14.4 Å². The summed E-state index contributed by atoms with van der Waals surface area (Å²) in [6.07, 6.45) is 0.903. The van der Waals surface area contributed by atoms with Crippen LogP contribution in [0.3, 0.4) is 0 Å². The van der Waals surface area contributed by atoms with Crippen molar-refractivity contribution in [3.8, 4) is 0 Å². The van der Waals surface area contributed by atoms with Crippen LogP contribution in [0.25, 0.3) is 0 Å². The van der Waals surface area contributed by atoms with Crippen LogP contribution in [-0.4, -0.2) is 114 Å². The number of anilines is 1. The molecular formula is C30H49Cl3N4O8S. The van der Waals surface area contributed by atoms with Gasteiger partial charge in [0.05, 0.1) is 19.8 Å². The Morgan fingerprint density at radius 2 is 1.54 bits per heavy atom. The molecule has 1 fully saturated rings. The van der Waals surface area contributed by atoms with Crippen molar-refractivity contribution in [1.82, 2.24) is 9.80 Å².